The molecule has 2 aromatic carbocycles. The second kappa shape index (κ2) is 5.71. The molecule has 0 bridgehead atoms. The molecule has 0 saturated heterocycles. The van der Waals surface area contributed by atoms with Crippen LogP contribution in [-0.2, 0) is 6.42 Å². The largest absolute Gasteiger partial charge is 0.144 e. The molecule has 20 heavy (non-hydrogen) atoms. The van der Waals surface area contributed by atoms with Crippen molar-refractivity contribution >= 4 is 38.0 Å². The molecule has 3 rings (SSSR count). The Morgan fingerprint density at radius 3 is 2.45 bits per heavy atom. The lowest BCUT2D eigenvalue weighted by atomic mass is 9.98. The molecule has 0 nitrogen and oxygen atoms in total. The summed E-state index contributed by atoms with van der Waals surface area (Å²) in [5, 5.41) is 2.70. The quantitative estimate of drug-likeness (QED) is 0.492. The molecule has 0 amide bonds. The van der Waals surface area contributed by atoms with Gasteiger partial charge in [-0.05, 0) is 47.4 Å². The Kier molecular flexibility index (Phi) is 3.95. The highest BCUT2D eigenvalue weighted by atomic mass is 79.9. The number of fused-ring (bicyclic) bond motifs is 1. The highest BCUT2D eigenvalue weighted by Crippen LogP contribution is 2.39. The van der Waals surface area contributed by atoms with Crippen LogP contribution in [0.5, 0.6) is 0 Å². The first kappa shape index (κ1) is 13.8. The molecule has 102 valence electrons. The zero-order valence-corrected chi connectivity index (χ0v) is 14.1. The number of halogens is 1. The maximum atomic E-state index is 3.89. The van der Waals surface area contributed by atoms with Crippen LogP contribution in [0.25, 0.3) is 10.8 Å². The van der Waals surface area contributed by atoms with Crippen molar-refractivity contribution in [2.45, 2.75) is 25.1 Å². The van der Waals surface area contributed by atoms with E-state index in [9.17, 15) is 0 Å². The third kappa shape index (κ3) is 2.43. The van der Waals surface area contributed by atoms with Crippen molar-refractivity contribution in [1.82, 2.24) is 0 Å². The Hall–Kier alpha value is -1.12. The van der Waals surface area contributed by atoms with Crippen molar-refractivity contribution in [3.05, 3.63) is 69.4 Å². The van der Waals surface area contributed by atoms with E-state index in [4.69, 9.17) is 0 Å². The van der Waals surface area contributed by atoms with E-state index in [1.165, 1.54) is 31.7 Å². The van der Waals surface area contributed by atoms with Gasteiger partial charge < -0.3 is 0 Å². The molecule has 0 aliphatic carbocycles. The number of thiophene rings is 1. The van der Waals surface area contributed by atoms with Gasteiger partial charge in [-0.25, -0.2) is 0 Å². The summed E-state index contributed by atoms with van der Waals surface area (Å²) >= 11 is 5.79. The van der Waals surface area contributed by atoms with E-state index in [1.54, 1.807) is 0 Å². The van der Waals surface area contributed by atoms with Crippen molar-refractivity contribution in [1.29, 1.82) is 0 Å². The average Bonchev–Trinajstić information content (AvgIpc) is 2.96. The highest BCUT2D eigenvalue weighted by Gasteiger charge is 2.15. The Bertz CT molecular complexity index is 742. The van der Waals surface area contributed by atoms with Crippen molar-refractivity contribution in [3.63, 3.8) is 0 Å². The monoisotopic (exact) mass is 344 g/mol. The molecule has 1 unspecified atom stereocenters. The minimum atomic E-state index is 0.276. The van der Waals surface area contributed by atoms with Crippen LogP contribution >= 0.6 is 27.3 Å². The number of benzene rings is 2. The number of alkyl halides is 1. The Balaban J connectivity index is 2.12. The van der Waals surface area contributed by atoms with E-state index in [1.807, 2.05) is 11.3 Å². The van der Waals surface area contributed by atoms with Gasteiger partial charge in [0.15, 0.2) is 0 Å². The molecule has 0 saturated carbocycles. The predicted octanol–water partition coefficient (Wildman–Crippen LogP) is 6.26. The van der Waals surface area contributed by atoms with Gasteiger partial charge in [-0.3, -0.25) is 0 Å². The van der Waals surface area contributed by atoms with Crippen LogP contribution in [0, 0.1) is 6.92 Å². The molecule has 0 radical (unpaired) electrons. The first-order valence-electron chi connectivity index (χ1n) is 6.91. The minimum absolute atomic E-state index is 0.276. The third-order valence-corrected chi connectivity index (χ3v) is 6.31. The number of rotatable bonds is 3. The van der Waals surface area contributed by atoms with E-state index < -0.39 is 0 Å². The van der Waals surface area contributed by atoms with E-state index in [2.05, 4.69) is 78.3 Å². The summed E-state index contributed by atoms with van der Waals surface area (Å²) in [5.74, 6) is 0. The molecule has 0 aliphatic rings. The van der Waals surface area contributed by atoms with E-state index in [0.717, 1.165) is 6.42 Å². The molecular formula is C18H17BrS. The minimum Gasteiger partial charge on any atom is -0.144 e. The second-order valence-electron chi connectivity index (χ2n) is 5.04. The molecule has 1 heterocycles. The summed E-state index contributed by atoms with van der Waals surface area (Å²) in [6.45, 7) is 4.38. The molecule has 1 atom stereocenters. The van der Waals surface area contributed by atoms with Gasteiger partial charge in [0.1, 0.15) is 0 Å². The van der Waals surface area contributed by atoms with Crippen molar-refractivity contribution in [2.75, 3.05) is 0 Å². The standard InChI is InChI=1S/C18H17BrS/c1-3-13-9-11-17(20-13)18(19)16-10-8-12(2)14-6-4-5-7-15(14)16/h4-11,18H,3H2,1-2H3. The fraction of sp³-hybridized carbons (Fsp3) is 0.222. The molecule has 2 heteroatoms. The lowest BCUT2D eigenvalue weighted by Gasteiger charge is -2.13. The summed E-state index contributed by atoms with van der Waals surface area (Å²) in [7, 11) is 0. The summed E-state index contributed by atoms with van der Waals surface area (Å²) in [4.78, 5) is 3.11. The topological polar surface area (TPSA) is 0 Å². The third-order valence-electron chi connectivity index (χ3n) is 3.73. The van der Waals surface area contributed by atoms with Gasteiger partial charge in [-0.1, -0.05) is 59.3 Å². The smallest absolute Gasteiger partial charge is 0.0744 e. The molecule has 0 fully saturated rings. The van der Waals surface area contributed by atoms with Crippen LogP contribution < -0.4 is 0 Å². The van der Waals surface area contributed by atoms with Crippen LogP contribution in [0.1, 0.15) is 32.6 Å². The average molecular weight is 345 g/mol. The SMILES string of the molecule is CCc1ccc(C(Br)c2ccc(C)c3ccccc23)s1. The molecule has 0 spiro atoms. The van der Waals surface area contributed by atoms with Crippen LogP contribution in [0.3, 0.4) is 0 Å². The van der Waals surface area contributed by atoms with Gasteiger partial charge in [0.05, 0.1) is 4.83 Å². The van der Waals surface area contributed by atoms with Gasteiger partial charge in [0.25, 0.3) is 0 Å². The Morgan fingerprint density at radius 2 is 1.75 bits per heavy atom. The van der Waals surface area contributed by atoms with E-state index >= 15 is 0 Å². The summed E-state index contributed by atoms with van der Waals surface area (Å²) in [5.41, 5.74) is 2.69. The second-order valence-corrected chi connectivity index (χ2v) is 7.15. The maximum absolute atomic E-state index is 3.89. The van der Waals surface area contributed by atoms with E-state index in [0.29, 0.717) is 0 Å². The summed E-state index contributed by atoms with van der Waals surface area (Å²) < 4.78 is 0. The lowest BCUT2D eigenvalue weighted by Crippen LogP contribution is -1.92. The first-order valence-corrected chi connectivity index (χ1v) is 8.65. The fourth-order valence-corrected chi connectivity index (χ4v) is 4.35. The molecule has 1 aromatic heterocycles. The highest BCUT2D eigenvalue weighted by molar-refractivity contribution is 9.09. The number of aryl methyl sites for hydroxylation is 2. The van der Waals surface area contributed by atoms with Crippen LogP contribution in [0.2, 0.25) is 0 Å². The van der Waals surface area contributed by atoms with Crippen molar-refractivity contribution < 1.29 is 0 Å². The maximum Gasteiger partial charge on any atom is 0.0744 e. The van der Waals surface area contributed by atoms with Gasteiger partial charge in [0.2, 0.25) is 0 Å². The predicted molar refractivity (Wildman–Crippen MR) is 93.2 cm³/mol. The van der Waals surface area contributed by atoms with Crippen molar-refractivity contribution in [2.24, 2.45) is 0 Å². The molecule has 0 N–H and O–H groups in total. The van der Waals surface area contributed by atoms with Gasteiger partial charge in [0, 0.05) is 9.75 Å². The molecule has 0 aliphatic heterocycles. The zero-order chi connectivity index (χ0) is 14.1. The number of hydrogen-bond donors (Lipinski definition) is 0. The lowest BCUT2D eigenvalue weighted by molar-refractivity contribution is 1.19. The fourth-order valence-electron chi connectivity index (χ4n) is 2.57. The number of hydrogen-bond acceptors (Lipinski definition) is 1. The van der Waals surface area contributed by atoms with Crippen molar-refractivity contribution in [3.8, 4) is 0 Å². The molecule has 3 aromatic rings. The van der Waals surface area contributed by atoms with Gasteiger partial charge in [-0.2, -0.15) is 0 Å². The normalized spacial score (nSPS) is 12.8. The Labute approximate surface area is 132 Å². The van der Waals surface area contributed by atoms with Gasteiger partial charge in [-0.15, -0.1) is 11.3 Å². The summed E-state index contributed by atoms with van der Waals surface area (Å²) in [6, 6.07) is 17.6. The summed E-state index contributed by atoms with van der Waals surface area (Å²) in [6.07, 6.45) is 1.11. The Morgan fingerprint density at radius 1 is 1.00 bits per heavy atom. The molecular weight excluding hydrogens is 328 g/mol. The zero-order valence-electron chi connectivity index (χ0n) is 11.7. The van der Waals surface area contributed by atoms with Crippen LogP contribution in [0.15, 0.2) is 48.5 Å². The van der Waals surface area contributed by atoms with Crippen LogP contribution in [0.4, 0.5) is 0 Å². The van der Waals surface area contributed by atoms with Gasteiger partial charge >= 0.3 is 0 Å². The van der Waals surface area contributed by atoms with Crippen LogP contribution in [-0.4, -0.2) is 0 Å². The first-order chi connectivity index (χ1) is 9.70. The van der Waals surface area contributed by atoms with E-state index in [-0.39, 0.29) is 4.83 Å².